The summed E-state index contributed by atoms with van der Waals surface area (Å²) >= 11 is 5.78. The van der Waals surface area contributed by atoms with E-state index in [1.54, 1.807) is 6.20 Å². The van der Waals surface area contributed by atoms with Crippen molar-refractivity contribution >= 4 is 11.6 Å². The number of allylic oxidation sites excluding steroid dienone is 2. The molecule has 0 aromatic carbocycles. The van der Waals surface area contributed by atoms with Gasteiger partial charge in [0, 0.05) is 6.54 Å². The van der Waals surface area contributed by atoms with Crippen LogP contribution in [0.5, 0.6) is 0 Å². The average Bonchev–Trinajstić information content (AvgIpc) is 1.94. The second-order valence-electron chi connectivity index (χ2n) is 1.93. The van der Waals surface area contributed by atoms with E-state index in [4.69, 9.17) is 11.6 Å². The predicted molar refractivity (Wildman–Crippen MR) is 43.1 cm³/mol. The van der Waals surface area contributed by atoms with Gasteiger partial charge in [0.1, 0.15) is 0 Å². The lowest BCUT2D eigenvalue weighted by Gasteiger charge is -2.16. The molecule has 0 saturated carbocycles. The minimum Gasteiger partial charge on any atom is -0.386 e. The van der Waals surface area contributed by atoms with E-state index >= 15 is 0 Å². The Morgan fingerprint density at radius 1 is 1.70 bits per heavy atom. The zero-order chi connectivity index (χ0) is 7.40. The van der Waals surface area contributed by atoms with Crippen LogP contribution in [0.1, 0.15) is 6.92 Å². The highest BCUT2D eigenvalue weighted by Gasteiger charge is 2.10. The van der Waals surface area contributed by atoms with Crippen molar-refractivity contribution in [3.63, 3.8) is 0 Å². The van der Waals surface area contributed by atoms with Crippen molar-refractivity contribution in [2.24, 2.45) is 0 Å². The molecular formula is C7H10ClN2. The smallest absolute Gasteiger partial charge is 0.195 e. The van der Waals surface area contributed by atoms with Gasteiger partial charge >= 0.3 is 0 Å². The fourth-order valence-electron chi connectivity index (χ4n) is 0.744. The van der Waals surface area contributed by atoms with Gasteiger partial charge in [-0.25, -0.2) is 0 Å². The first-order chi connectivity index (χ1) is 4.84. The molecule has 0 fully saturated rings. The minimum atomic E-state index is 0.657. The van der Waals surface area contributed by atoms with Crippen LogP contribution in [0.4, 0.5) is 0 Å². The first-order valence-corrected chi connectivity index (χ1v) is 3.62. The van der Waals surface area contributed by atoms with E-state index in [-0.39, 0.29) is 0 Å². The third kappa shape index (κ3) is 1.67. The highest BCUT2D eigenvalue weighted by Crippen LogP contribution is 2.14. The van der Waals surface area contributed by atoms with Crippen molar-refractivity contribution in [1.82, 2.24) is 10.6 Å². The minimum absolute atomic E-state index is 0.657. The third-order valence-corrected chi connectivity index (χ3v) is 1.49. The van der Waals surface area contributed by atoms with E-state index in [0.717, 1.165) is 12.2 Å². The normalized spacial score (nSPS) is 18.0. The van der Waals surface area contributed by atoms with Gasteiger partial charge in [0.05, 0.1) is 5.70 Å². The molecular weight excluding hydrogens is 148 g/mol. The van der Waals surface area contributed by atoms with Crippen LogP contribution >= 0.6 is 11.6 Å². The monoisotopic (exact) mass is 157 g/mol. The molecule has 0 spiro atoms. The van der Waals surface area contributed by atoms with Gasteiger partial charge in [0.2, 0.25) is 0 Å². The molecule has 2 nitrogen and oxygen atoms in total. The Morgan fingerprint density at radius 2 is 2.50 bits per heavy atom. The van der Waals surface area contributed by atoms with E-state index < -0.39 is 0 Å². The molecule has 0 aromatic rings. The maximum absolute atomic E-state index is 5.78. The van der Waals surface area contributed by atoms with Crippen molar-refractivity contribution in [3.05, 3.63) is 29.6 Å². The van der Waals surface area contributed by atoms with E-state index in [1.807, 2.05) is 19.1 Å². The van der Waals surface area contributed by atoms with Crippen LogP contribution in [0.3, 0.4) is 0 Å². The number of dihydropyridines is 1. The van der Waals surface area contributed by atoms with E-state index in [2.05, 4.69) is 10.6 Å². The molecule has 0 bridgehead atoms. The zero-order valence-corrected chi connectivity index (χ0v) is 6.57. The summed E-state index contributed by atoms with van der Waals surface area (Å²) in [6, 6.07) is 0. The van der Waals surface area contributed by atoms with Gasteiger partial charge < -0.3 is 10.6 Å². The van der Waals surface area contributed by atoms with Gasteiger partial charge in [0.15, 0.2) is 5.50 Å². The van der Waals surface area contributed by atoms with E-state index in [1.165, 1.54) is 0 Å². The summed E-state index contributed by atoms with van der Waals surface area (Å²) in [4.78, 5) is 0. The lowest BCUT2D eigenvalue weighted by molar-refractivity contribution is 0.809. The first-order valence-electron chi connectivity index (χ1n) is 3.24. The fourth-order valence-corrected chi connectivity index (χ4v) is 0.936. The maximum Gasteiger partial charge on any atom is 0.195 e. The number of hydrogen-bond donors (Lipinski definition) is 2. The van der Waals surface area contributed by atoms with Crippen molar-refractivity contribution in [2.75, 3.05) is 6.54 Å². The van der Waals surface area contributed by atoms with Gasteiger partial charge in [-0.1, -0.05) is 11.6 Å². The van der Waals surface area contributed by atoms with Gasteiger partial charge in [-0.05, 0) is 25.3 Å². The SMILES string of the molecule is CCNC1=CC=CN[C]1Cl. The van der Waals surface area contributed by atoms with Crippen LogP contribution in [0.25, 0.3) is 0 Å². The molecule has 3 heteroatoms. The van der Waals surface area contributed by atoms with Crippen LogP contribution in [-0.2, 0) is 0 Å². The van der Waals surface area contributed by atoms with Crippen LogP contribution in [0, 0.1) is 5.50 Å². The predicted octanol–water partition coefficient (Wildman–Crippen LogP) is 1.32. The molecule has 1 rings (SSSR count). The van der Waals surface area contributed by atoms with Crippen LogP contribution in [0.15, 0.2) is 24.0 Å². The van der Waals surface area contributed by atoms with Crippen LogP contribution in [0.2, 0.25) is 0 Å². The Balaban J connectivity index is 2.52. The van der Waals surface area contributed by atoms with Crippen molar-refractivity contribution in [2.45, 2.75) is 6.92 Å². The number of rotatable bonds is 2. The molecule has 0 unspecified atom stereocenters. The van der Waals surface area contributed by atoms with Crippen LogP contribution < -0.4 is 10.6 Å². The Hall–Kier alpha value is -0.630. The Morgan fingerprint density at radius 3 is 3.10 bits per heavy atom. The van der Waals surface area contributed by atoms with Crippen molar-refractivity contribution in [1.29, 1.82) is 0 Å². The van der Waals surface area contributed by atoms with Crippen LogP contribution in [-0.4, -0.2) is 6.54 Å². The second kappa shape index (κ2) is 3.52. The summed E-state index contributed by atoms with van der Waals surface area (Å²) in [6.07, 6.45) is 5.63. The standard InChI is InChI=1S/C7H10ClN2/c1-2-9-6-4-3-5-10-7(6)8/h3-5,9-10H,2H2,1H3. The molecule has 0 saturated heterocycles. The lowest BCUT2D eigenvalue weighted by Crippen LogP contribution is -2.24. The molecule has 1 aliphatic rings. The molecule has 0 atom stereocenters. The number of halogens is 1. The molecule has 0 aliphatic carbocycles. The average molecular weight is 158 g/mol. The Bertz CT molecular complexity index is 163. The highest BCUT2D eigenvalue weighted by molar-refractivity contribution is 6.28. The molecule has 0 amide bonds. The topological polar surface area (TPSA) is 24.1 Å². The molecule has 55 valence electrons. The summed E-state index contributed by atoms with van der Waals surface area (Å²) < 4.78 is 0. The highest BCUT2D eigenvalue weighted by atomic mass is 35.5. The van der Waals surface area contributed by atoms with Crippen molar-refractivity contribution < 1.29 is 0 Å². The summed E-state index contributed by atoms with van der Waals surface area (Å²) in [6.45, 7) is 2.92. The number of nitrogens with one attached hydrogen (secondary N) is 2. The number of likely N-dealkylation sites (N-methyl/N-ethyl adjacent to an activating group) is 1. The van der Waals surface area contributed by atoms with Gasteiger partial charge in [-0.2, -0.15) is 0 Å². The van der Waals surface area contributed by atoms with E-state index in [0.29, 0.717) is 5.50 Å². The van der Waals surface area contributed by atoms with Gasteiger partial charge in [0.25, 0.3) is 0 Å². The molecule has 1 aliphatic heterocycles. The molecule has 0 aromatic heterocycles. The Kier molecular flexibility index (Phi) is 2.63. The largest absolute Gasteiger partial charge is 0.386 e. The van der Waals surface area contributed by atoms with Crippen molar-refractivity contribution in [3.8, 4) is 0 Å². The van der Waals surface area contributed by atoms with Gasteiger partial charge in [-0.15, -0.1) is 0 Å². The number of hydrogen-bond acceptors (Lipinski definition) is 2. The summed E-state index contributed by atoms with van der Waals surface area (Å²) in [7, 11) is 0. The summed E-state index contributed by atoms with van der Waals surface area (Å²) in [5, 5.41) is 6.00. The molecule has 1 radical (unpaired) electrons. The first kappa shape index (κ1) is 7.48. The lowest BCUT2D eigenvalue weighted by atomic mass is 10.3. The second-order valence-corrected chi connectivity index (χ2v) is 2.31. The summed E-state index contributed by atoms with van der Waals surface area (Å²) in [5.41, 5.74) is 1.61. The molecule has 1 heterocycles. The zero-order valence-electron chi connectivity index (χ0n) is 5.82. The fraction of sp³-hybridized carbons (Fsp3) is 0.286. The van der Waals surface area contributed by atoms with E-state index in [9.17, 15) is 0 Å². The third-order valence-electron chi connectivity index (χ3n) is 1.17. The molecule has 2 N–H and O–H groups in total. The Labute approximate surface area is 65.9 Å². The molecule has 10 heavy (non-hydrogen) atoms. The summed E-state index contributed by atoms with van der Waals surface area (Å²) in [5.74, 6) is 0. The quantitative estimate of drug-likeness (QED) is 0.591. The van der Waals surface area contributed by atoms with Gasteiger partial charge in [-0.3, -0.25) is 0 Å². The maximum atomic E-state index is 5.78.